The van der Waals surface area contributed by atoms with Gasteiger partial charge in [0, 0.05) is 37.6 Å². The molecule has 0 aliphatic carbocycles. The number of hydrogen-bond acceptors (Lipinski definition) is 5. The fraction of sp³-hybridized carbons (Fsp3) is 0.273. The third-order valence-corrected chi connectivity index (χ3v) is 4.91. The number of methoxy groups -OCH3 is 1. The van der Waals surface area contributed by atoms with Crippen molar-refractivity contribution < 1.29 is 14.3 Å². The molecule has 0 atom stereocenters. The summed E-state index contributed by atoms with van der Waals surface area (Å²) in [6.45, 7) is 0.982. The molecule has 0 bridgehead atoms. The molecule has 0 saturated heterocycles. The number of nitrogens with two attached hydrogens (primary N) is 2. The second kappa shape index (κ2) is 9.25. The largest absolute Gasteiger partial charge is 0.397 e. The van der Waals surface area contributed by atoms with Crippen LogP contribution in [0.4, 0.5) is 5.69 Å². The lowest BCUT2D eigenvalue weighted by Crippen LogP contribution is -2.36. The van der Waals surface area contributed by atoms with Gasteiger partial charge in [0.2, 0.25) is 11.8 Å². The van der Waals surface area contributed by atoms with Crippen molar-refractivity contribution in [2.75, 3.05) is 25.2 Å². The minimum Gasteiger partial charge on any atom is -0.397 e. The molecule has 0 saturated carbocycles. The Morgan fingerprint density at radius 2 is 1.66 bits per heavy atom. The number of fused-ring (bicyclic) bond motifs is 2. The summed E-state index contributed by atoms with van der Waals surface area (Å²) in [5.41, 5.74) is 16.8. The Labute approximate surface area is 170 Å². The van der Waals surface area contributed by atoms with E-state index in [4.69, 9.17) is 16.2 Å². The van der Waals surface area contributed by atoms with Crippen molar-refractivity contribution in [3.63, 3.8) is 0 Å². The Morgan fingerprint density at radius 3 is 2.41 bits per heavy atom. The zero-order valence-electron chi connectivity index (χ0n) is 16.5. The Kier molecular flexibility index (Phi) is 6.51. The predicted molar refractivity (Wildman–Crippen MR) is 113 cm³/mol. The number of hydrogen-bond donors (Lipinski definition) is 3. The third-order valence-electron chi connectivity index (χ3n) is 4.91. The van der Waals surface area contributed by atoms with E-state index in [1.165, 1.54) is 0 Å². The first kappa shape index (κ1) is 20.4. The molecule has 3 rings (SSSR count). The van der Waals surface area contributed by atoms with Gasteiger partial charge < -0.3 is 26.4 Å². The summed E-state index contributed by atoms with van der Waals surface area (Å²) in [6, 6.07) is 15.1. The fourth-order valence-corrected chi connectivity index (χ4v) is 3.35. The van der Waals surface area contributed by atoms with E-state index in [2.05, 4.69) is 5.32 Å². The number of nitrogens with zero attached hydrogens (tertiary/aromatic N) is 1. The van der Waals surface area contributed by atoms with Gasteiger partial charge in [0.1, 0.15) is 0 Å². The molecule has 7 heteroatoms. The molecule has 2 aromatic rings. The van der Waals surface area contributed by atoms with Gasteiger partial charge in [-0.25, -0.2) is 0 Å². The molecule has 1 aliphatic rings. The smallest absolute Gasteiger partial charge is 0.229 e. The maximum Gasteiger partial charge on any atom is 0.229 e. The van der Waals surface area contributed by atoms with Gasteiger partial charge in [-0.1, -0.05) is 42.5 Å². The SMILES string of the molecule is COCCC(=O)NCCC(=O)N1Cc2ccccc2/C(N)=C(/N)c2ccccc21. The van der Waals surface area contributed by atoms with E-state index in [1.807, 2.05) is 48.5 Å². The number of nitrogens with one attached hydrogen (secondary N) is 1. The molecule has 5 N–H and O–H groups in total. The summed E-state index contributed by atoms with van der Waals surface area (Å²) in [7, 11) is 1.54. The normalized spacial score (nSPS) is 15.7. The van der Waals surface area contributed by atoms with Crippen molar-refractivity contribution >= 4 is 28.9 Å². The van der Waals surface area contributed by atoms with Crippen molar-refractivity contribution in [3.8, 4) is 0 Å². The van der Waals surface area contributed by atoms with Crippen LogP contribution in [0.25, 0.3) is 11.4 Å². The van der Waals surface area contributed by atoms with E-state index in [0.29, 0.717) is 30.2 Å². The first-order chi connectivity index (χ1) is 14.0. The molecule has 1 heterocycles. The van der Waals surface area contributed by atoms with E-state index in [1.54, 1.807) is 12.0 Å². The van der Waals surface area contributed by atoms with Gasteiger partial charge in [0.15, 0.2) is 0 Å². The number of amides is 2. The van der Waals surface area contributed by atoms with Gasteiger partial charge in [0.25, 0.3) is 0 Å². The number of benzene rings is 2. The number of para-hydroxylation sites is 1. The van der Waals surface area contributed by atoms with Crippen LogP contribution >= 0.6 is 0 Å². The summed E-state index contributed by atoms with van der Waals surface area (Å²) in [4.78, 5) is 26.5. The molecule has 7 nitrogen and oxygen atoms in total. The number of anilines is 1. The highest BCUT2D eigenvalue weighted by molar-refractivity contribution is 6.01. The molecule has 0 spiro atoms. The van der Waals surface area contributed by atoms with Gasteiger partial charge >= 0.3 is 0 Å². The highest BCUT2D eigenvalue weighted by Gasteiger charge is 2.24. The lowest BCUT2D eigenvalue weighted by molar-refractivity contribution is -0.122. The Bertz CT molecular complexity index is 939. The molecule has 2 amide bonds. The lowest BCUT2D eigenvalue weighted by Gasteiger charge is -2.29. The van der Waals surface area contributed by atoms with Crippen molar-refractivity contribution in [1.82, 2.24) is 5.32 Å². The summed E-state index contributed by atoms with van der Waals surface area (Å²) in [5.74, 6) is -0.245. The Hall–Kier alpha value is -3.32. The fourth-order valence-electron chi connectivity index (χ4n) is 3.35. The average molecular weight is 394 g/mol. The van der Waals surface area contributed by atoms with Gasteiger partial charge in [-0.05, 0) is 11.6 Å². The van der Waals surface area contributed by atoms with Gasteiger partial charge in [0.05, 0.1) is 30.2 Å². The van der Waals surface area contributed by atoms with E-state index >= 15 is 0 Å². The Morgan fingerprint density at radius 1 is 1.00 bits per heavy atom. The van der Waals surface area contributed by atoms with Crippen molar-refractivity contribution in [2.24, 2.45) is 11.5 Å². The summed E-state index contributed by atoms with van der Waals surface area (Å²) >= 11 is 0. The van der Waals surface area contributed by atoms with Crippen molar-refractivity contribution in [1.29, 1.82) is 0 Å². The van der Waals surface area contributed by atoms with Crippen LogP contribution in [0.1, 0.15) is 29.5 Å². The molecule has 29 heavy (non-hydrogen) atoms. The highest BCUT2D eigenvalue weighted by atomic mass is 16.5. The van der Waals surface area contributed by atoms with Crippen LogP contribution in [0.15, 0.2) is 48.5 Å². The lowest BCUT2D eigenvalue weighted by atomic mass is 9.96. The molecular formula is C22H26N4O3. The van der Waals surface area contributed by atoms with Crippen LogP contribution < -0.4 is 21.7 Å². The minimum atomic E-state index is -0.141. The zero-order chi connectivity index (χ0) is 20.8. The number of carbonyl (C=O) groups excluding carboxylic acids is 2. The van der Waals surface area contributed by atoms with Crippen molar-refractivity contribution in [3.05, 3.63) is 65.2 Å². The van der Waals surface area contributed by atoms with E-state index in [9.17, 15) is 9.59 Å². The first-order valence-corrected chi connectivity index (χ1v) is 9.51. The van der Waals surface area contributed by atoms with Crippen LogP contribution in [0.2, 0.25) is 0 Å². The zero-order valence-corrected chi connectivity index (χ0v) is 16.5. The van der Waals surface area contributed by atoms with E-state index in [0.717, 1.165) is 16.7 Å². The molecule has 152 valence electrons. The van der Waals surface area contributed by atoms with Crippen LogP contribution in [0, 0.1) is 0 Å². The highest BCUT2D eigenvalue weighted by Crippen LogP contribution is 2.33. The molecule has 0 fully saturated rings. The van der Waals surface area contributed by atoms with Gasteiger partial charge in [-0.15, -0.1) is 0 Å². The maximum absolute atomic E-state index is 13.1. The number of ether oxygens (including phenoxy) is 1. The standard InChI is InChI=1S/C22H26N4O3/c1-29-13-11-19(27)25-12-10-20(28)26-14-15-6-2-3-7-16(15)21(23)22(24)17-8-4-5-9-18(17)26/h2-9H,10-14,23-24H2,1H3,(H,25,27)/b22-21-. The molecule has 0 radical (unpaired) electrons. The topological polar surface area (TPSA) is 111 Å². The quantitative estimate of drug-likeness (QED) is 0.692. The predicted octanol–water partition coefficient (Wildman–Crippen LogP) is 1.82. The monoisotopic (exact) mass is 394 g/mol. The van der Waals surface area contributed by atoms with E-state index < -0.39 is 0 Å². The summed E-state index contributed by atoms with van der Waals surface area (Å²) in [6.07, 6.45) is 0.444. The molecule has 0 unspecified atom stereocenters. The second-order valence-corrected chi connectivity index (χ2v) is 6.82. The summed E-state index contributed by atoms with van der Waals surface area (Å²) < 4.78 is 4.89. The average Bonchev–Trinajstić information content (AvgIpc) is 2.74. The molecule has 1 aliphatic heterocycles. The van der Waals surface area contributed by atoms with Gasteiger partial charge in [-0.2, -0.15) is 0 Å². The van der Waals surface area contributed by atoms with Crippen LogP contribution in [-0.2, 0) is 20.9 Å². The maximum atomic E-state index is 13.1. The number of rotatable bonds is 6. The number of carbonyl (C=O) groups is 2. The second-order valence-electron chi connectivity index (χ2n) is 6.82. The Balaban J connectivity index is 1.87. The van der Waals surface area contributed by atoms with Crippen LogP contribution in [-0.4, -0.2) is 32.1 Å². The minimum absolute atomic E-state index is 0.104. The molecule has 0 aromatic heterocycles. The summed E-state index contributed by atoms with van der Waals surface area (Å²) in [5, 5.41) is 2.75. The van der Waals surface area contributed by atoms with Gasteiger partial charge in [-0.3, -0.25) is 9.59 Å². The van der Waals surface area contributed by atoms with E-state index in [-0.39, 0.29) is 31.2 Å². The van der Waals surface area contributed by atoms with Crippen LogP contribution in [0.3, 0.4) is 0 Å². The molecular weight excluding hydrogens is 368 g/mol. The molecule has 2 aromatic carbocycles. The third kappa shape index (κ3) is 4.57. The van der Waals surface area contributed by atoms with Crippen molar-refractivity contribution in [2.45, 2.75) is 19.4 Å². The van der Waals surface area contributed by atoms with Crippen LogP contribution in [0.5, 0.6) is 0 Å². The first-order valence-electron chi connectivity index (χ1n) is 9.51.